The largest absolute Gasteiger partial charge is 0.351 e. The molecule has 3 rings (SSSR count). The van der Waals surface area contributed by atoms with E-state index in [0.29, 0.717) is 23.1 Å². The van der Waals surface area contributed by atoms with E-state index >= 15 is 0 Å². The Morgan fingerprint density at radius 3 is 2.77 bits per heavy atom. The van der Waals surface area contributed by atoms with Gasteiger partial charge in [0.2, 0.25) is 5.91 Å². The van der Waals surface area contributed by atoms with Crippen LogP contribution in [0.1, 0.15) is 11.1 Å². The number of aromatic nitrogens is 2. The molecule has 0 radical (unpaired) electrons. The lowest BCUT2D eigenvalue weighted by Gasteiger charge is -2.08. The highest BCUT2D eigenvalue weighted by Crippen LogP contribution is 2.29. The molecule has 0 bridgehead atoms. The Hall–Kier alpha value is -1.95. The zero-order valence-electron chi connectivity index (χ0n) is 13.9. The molecule has 0 atom stereocenters. The summed E-state index contributed by atoms with van der Waals surface area (Å²) in [5, 5.41) is 8.34. The smallest absolute Gasteiger partial charge is 0.230 e. The normalized spacial score (nSPS) is 10.7. The standard InChI is InChI=1S/C19H17Cl2N3OS/c20-16-5-6-17(21)18(10-16)26-13-19(25)22-11-14-3-1-4-15(9-14)12-24-8-2-7-23-24/h1-10H,11-13H2,(H,22,25). The Labute approximate surface area is 166 Å². The summed E-state index contributed by atoms with van der Waals surface area (Å²) in [5.74, 6) is 0.232. The van der Waals surface area contributed by atoms with Crippen molar-refractivity contribution in [1.82, 2.24) is 15.1 Å². The number of rotatable bonds is 7. The van der Waals surface area contributed by atoms with Crippen molar-refractivity contribution < 1.29 is 4.79 Å². The fourth-order valence-electron chi connectivity index (χ4n) is 2.40. The first-order valence-electron chi connectivity index (χ1n) is 8.00. The van der Waals surface area contributed by atoms with Gasteiger partial charge < -0.3 is 5.32 Å². The summed E-state index contributed by atoms with van der Waals surface area (Å²) in [5.41, 5.74) is 2.19. The second-order valence-corrected chi connectivity index (χ2v) is 7.52. The van der Waals surface area contributed by atoms with Gasteiger partial charge in [0, 0.05) is 28.9 Å². The fourth-order valence-corrected chi connectivity index (χ4v) is 3.72. The van der Waals surface area contributed by atoms with Crippen molar-refractivity contribution in [2.75, 3.05) is 5.75 Å². The summed E-state index contributed by atoms with van der Waals surface area (Å²) in [6.07, 6.45) is 3.68. The second kappa shape index (κ2) is 9.12. The number of hydrogen-bond donors (Lipinski definition) is 1. The van der Waals surface area contributed by atoms with Crippen LogP contribution in [0.25, 0.3) is 0 Å². The van der Waals surface area contributed by atoms with Crippen molar-refractivity contribution in [3.8, 4) is 0 Å². The molecule has 3 aromatic rings. The number of carbonyl (C=O) groups excluding carboxylic acids is 1. The quantitative estimate of drug-likeness (QED) is 0.582. The summed E-state index contributed by atoms with van der Waals surface area (Å²) in [6, 6.07) is 15.2. The van der Waals surface area contributed by atoms with E-state index in [1.54, 1.807) is 24.4 Å². The van der Waals surface area contributed by atoms with E-state index in [1.165, 1.54) is 11.8 Å². The number of benzene rings is 2. The molecular formula is C19H17Cl2N3OS. The number of amides is 1. The highest BCUT2D eigenvalue weighted by atomic mass is 35.5. The van der Waals surface area contributed by atoms with Gasteiger partial charge in [-0.1, -0.05) is 47.5 Å². The van der Waals surface area contributed by atoms with Crippen LogP contribution in [-0.2, 0) is 17.9 Å². The molecule has 7 heteroatoms. The Bertz CT molecular complexity index is 884. The van der Waals surface area contributed by atoms with Crippen LogP contribution in [0.2, 0.25) is 10.0 Å². The Balaban J connectivity index is 1.50. The highest BCUT2D eigenvalue weighted by Gasteiger charge is 2.07. The summed E-state index contributed by atoms with van der Waals surface area (Å²) in [7, 11) is 0. The van der Waals surface area contributed by atoms with Crippen molar-refractivity contribution in [3.63, 3.8) is 0 Å². The monoisotopic (exact) mass is 405 g/mol. The van der Waals surface area contributed by atoms with Gasteiger partial charge in [0.25, 0.3) is 0 Å². The van der Waals surface area contributed by atoms with E-state index < -0.39 is 0 Å². The summed E-state index contributed by atoms with van der Waals surface area (Å²) in [6.45, 7) is 1.19. The molecule has 0 aliphatic carbocycles. The molecule has 1 amide bonds. The van der Waals surface area contributed by atoms with Crippen molar-refractivity contribution in [3.05, 3.63) is 82.1 Å². The molecule has 1 heterocycles. The summed E-state index contributed by atoms with van der Waals surface area (Å²) >= 11 is 13.4. The number of nitrogens with one attached hydrogen (secondary N) is 1. The number of halogens is 2. The average Bonchev–Trinajstić information content (AvgIpc) is 3.14. The molecule has 4 nitrogen and oxygen atoms in total. The molecule has 0 unspecified atom stereocenters. The lowest BCUT2D eigenvalue weighted by Crippen LogP contribution is -2.24. The molecule has 1 N–H and O–H groups in total. The third-order valence-electron chi connectivity index (χ3n) is 3.64. The van der Waals surface area contributed by atoms with Crippen molar-refractivity contribution >= 4 is 40.9 Å². The van der Waals surface area contributed by atoms with Crippen LogP contribution in [-0.4, -0.2) is 21.4 Å². The summed E-state index contributed by atoms with van der Waals surface area (Å²) in [4.78, 5) is 12.9. The van der Waals surface area contributed by atoms with E-state index in [1.807, 2.05) is 35.1 Å². The topological polar surface area (TPSA) is 46.9 Å². The van der Waals surface area contributed by atoms with Crippen LogP contribution in [0, 0.1) is 0 Å². The summed E-state index contributed by atoms with van der Waals surface area (Å²) < 4.78 is 1.86. The Morgan fingerprint density at radius 1 is 1.12 bits per heavy atom. The van der Waals surface area contributed by atoms with Gasteiger partial charge >= 0.3 is 0 Å². The van der Waals surface area contributed by atoms with Gasteiger partial charge in [-0.3, -0.25) is 9.48 Å². The van der Waals surface area contributed by atoms with Crippen LogP contribution in [0.5, 0.6) is 0 Å². The van der Waals surface area contributed by atoms with Crippen LogP contribution in [0.15, 0.2) is 65.8 Å². The predicted octanol–water partition coefficient (Wildman–Crippen LogP) is 4.65. The van der Waals surface area contributed by atoms with Gasteiger partial charge in [-0.2, -0.15) is 5.10 Å². The molecule has 0 fully saturated rings. The molecule has 0 aliphatic heterocycles. The first-order chi connectivity index (χ1) is 12.6. The zero-order chi connectivity index (χ0) is 18.4. The minimum atomic E-state index is -0.0523. The van der Waals surface area contributed by atoms with Crippen LogP contribution < -0.4 is 5.32 Å². The maximum Gasteiger partial charge on any atom is 0.230 e. The van der Waals surface area contributed by atoms with E-state index in [9.17, 15) is 4.79 Å². The van der Waals surface area contributed by atoms with Gasteiger partial charge in [-0.25, -0.2) is 0 Å². The lowest BCUT2D eigenvalue weighted by atomic mass is 10.1. The molecule has 26 heavy (non-hydrogen) atoms. The number of carbonyl (C=O) groups is 1. The first kappa shape index (κ1) is 18.8. The van der Waals surface area contributed by atoms with E-state index in [4.69, 9.17) is 23.2 Å². The number of nitrogens with zero attached hydrogens (tertiary/aromatic N) is 2. The minimum absolute atomic E-state index is 0.0523. The van der Waals surface area contributed by atoms with Crippen molar-refractivity contribution in [2.45, 2.75) is 18.0 Å². The SMILES string of the molecule is O=C(CSc1cc(Cl)ccc1Cl)NCc1cccc(Cn2cccn2)c1. The van der Waals surface area contributed by atoms with Gasteiger partial charge in [-0.05, 0) is 35.4 Å². The maximum atomic E-state index is 12.1. The maximum absolute atomic E-state index is 12.1. The van der Waals surface area contributed by atoms with Crippen LogP contribution in [0.3, 0.4) is 0 Å². The minimum Gasteiger partial charge on any atom is -0.351 e. The molecule has 2 aromatic carbocycles. The number of hydrogen-bond acceptors (Lipinski definition) is 3. The van der Waals surface area contributed by atoms with Gasteiger partial charge in [0.15, 0.2) is 0 Å². The number of thioether (sulfide) groups is 1. The van der Waals surface area contributed by atoms with E-state index in [-0.39, 0.29) is 11.7 Å². The van der Waals surface area contributed by atoms with Crippen molar-refractivity contribution in [1.29, 1.82) is 0 Å². The van der Waals surface area contributed by atoms with Crippen LogP contribution >= 0.6 is 35.0 Å². The predicted molar refractivity (Wildman–Crippen MR) is 107 cm³/mol. The van der Waals surface area contributed by atoms with Gasteiger partial charge in [-0.15, -0.1) is 11.8 Å². The second-order valence-electron chi connectivity index (χ2n) is 5.66. The van der Waals surface area contributed by atoms with E-state index in [2.05, 4.69) is 16.5 Å². The third kappa shape index (κ3) is 5.53. The van der Waals surface area contributed by atoms with Gasteiger partial charge in [0.1, 0.15) is 0 Å². The third-order valence-corrected chi connectivity index (χ3v) is 5.37. The molecule has 0 saturated carbocycles. The Kier molecular flexibility index (Phi) is 6.61. The molecule has 0 aliphatic rings. The first-order valence-corrected chi connectivity index (χ1v) is 9.74. The molecule has 0 spiro atoms. The lowest BCUT2D eigenvalue weighted by molar-refractivity contribution is -0.118. The average molecular weight is 406 g/mol. The molecule has 0 saturated heterocycles. The molecule has 1 aromatic heterocycles. The molecule has 134 valence electrons. The van der Waals surface area contributed by atoms with Crippen LogP contribution in [0.4, 0.5) is 0 Å². The molecular weight excluding hydrogens is 389 g/mol. The van der Waals surface area contributed by atoms with Crippen molar-refractivity contribution in [2.24, 2.45) is 0 Å². The Morgan fingerprint density at radius 2 is 1.96 bits per heavy atom. The van der Waals surface area contributed by atoms with E-state index in [0.717, 1.165) is 16.0 Å². The zero-order valence-corrected chi connectivity index (χ0v) is 16.2. The fraction of sp³-hybridized carbons (Fsp3) is 0.158. The highest BCUT2D eigenvalue weighted by molar-refractivity contribution is 8.00. The van der Waals surface area contributed by atoms with Gasteiger partial charge in [0.05, 0.1) is 17.3 Å².